The lowest BCUT2D eigenvalue weighted by Crippen LogP contribution is -2.05. The minimum absolute atomic E-state index is 0.0419. The average Bonchev–Trinajstić information content (AvgIpc) is 2.69. The first-order chi connectivity index (χ1) is 13.6. The summed E-state index contributed by atoms with van der Waals surface area (Å²) in [6, 6.07) is 10.3. The van der Waals surface area contributed by atoms with Crippen LogP contribution in [0.4, 0.5) is 0 Å². The van der Waals surface area contributed by atoms with Crippen LogP contribution in [0.1, 0.15) is 5.56 Å². The number of fused-ring (bicyclic) bond motifs is 1. The number of ether oxygens (including phenoxy) is 4. The molecule has 3 aromatic rings. The Morgan fingerprint density at radius 2 is 1.82 bits per heavy atom. The smallest absolute Gasteiger partial charge is 0.307 e. The fraction of sp³-hybridized carbons (Fsp3) is 0.250. The van der Waals surface area contributed by atoms with Crippen LogP contribution in [0.25, 0.3) is 10.9 Å². The maximum absolute atomic E-state index is 10.8. The van der Waals surface area contributed by atoms with E-state index in [1.165, 1.54) is 6.33 Å². The lowest BCUT2D eigenvalue weighted by molar-refractivity contribution is -0.136. The highest BCUT2D eigenvalue weighted by atomic mass is 16.5. The van der Waals surface area contributed by atoms with Crippen molar-refractivity contribution in [3.63, 3.8) is 0 Å². The highest BCUT2D eigenvalue weighted by Crippen LogP contribution is 2.36. The van der Waals surface area contributed by atoms with E-state index >= 15 is 0 Å². The van der Waals surface area contributed by atoms with Gasteiger partial charge in [-0.25, -0.2) is 9.97 Å². The molecule has 1 N–H and O–H groups in total. The molecule has 28 heavy (non-hydrogen) atoms. The number of benzene rings is 2. The summed E-state index contributed by atoms with van der Waals surface area (Å²) < 4.78 is 22.0. The zero-order chi connectivity index (χ0) is 19.9. The molecule has 0 fully saturated rings. The standard InChI is InChI=1S/C20H20N2O6/c1-25-7-8-27-18-11-16-15(10-17(18)26-2)20(22-12-21-16)28-14-5-3-13(4-6-14)9-19(23)24/h3-6,10-12H,7-9H2,1-2H3,(H,23,24). The molecule has 8 nitrogen and oxygen atoms in total. The molecule has 146 valence electrons. The van der Waals surface area contributed by atoms with Crippen LogP contribution in [0.15, 0.2) is 42.7 Å². The van der Waals surface area contributed by atoms with Gasteiger partial charge in [0.15, 0.2) is 11.5 Å². The molecular formula is C20H20N2O6. The Balaban J connectivity index is 1.88. The average molecular weight is 384 g/mol. The van der Waals surface area contributed by atoms with Crippen molar-refractivity contribution in [1.82, 2.24) is 9.97 Å². The summed E-state index contributed by atoms with van der Waals surface area (Å²) >= 11 is 0. The van der Waals surface area contributed by atoms with E-state index in [0.29, 0.717) is 52.8 Å². The highest BCUT2D eigenvalue weighted by Gasteiger charge is 2.13. The van der Waals surface area contributed by atoms with E-state index in [-0.39, 0.29) is 6.42 Å². The molecule has 0 saturated heterocycles. The number of carboxylic acid groups (broad SMARTS) is 1. The Morgan fingerprint density at radius 1 is 1.04 bits per heavy atom. The Hall–Kier alpha value is -3.39. The lowest BCUT2D eigenvalue weighted by atomic mass is 10.1. The molecule has 0 bridgehead atoms. The van der Waals surface area contributed by atoms with Gasteiger partial charge in [-0.15, -0.1) is 0 Å². The summed E-state index contributed by atoms with van der Waals surface area (Å²) in [7, 11) is 3.15. The summed E-state index contributed by atoms with van der Waals surface area (Å²) in [5, 5.41) is 9.51. The van der Waals surface area contributed by atoms with Gasteiger partial charge in [-0.05, 0) is 23.8 Å². The van der Waals surface area contributed by atoms with Crippen molar-refractivity contribution < 1.29 is 28.8 Å². The number of hydrogen-bond donors (Lipinski definition) is 1. The van der Waals surface area contributed by atoms with Crippen LogP contribution in [-0.2, 0) is 16.0 Å². The quantitative estimate of drug-likeness (QED) is 0.562. The predicted octanol–water partition coefficient (Wildman–Crippen LogP) is 3.08. The first-order valence-electron chi connectivity index (χ1n) is 8.53. The van der Waals surface area contributed by atoms with Gasteiger partial charge in [0.25, 0.3) is 0 Å². The van der Waals surface area contributed by atoms with E-state index in [0.717, 1.165) is 0 Å². The number of hydrogen-bond acceptors (Lipinski definition) is 7. The summed E-state index contributed by atoms with van der Waals surface area (Å²) in [5.41, 5.74) is 1.33. The van der Waals surface area contributed by atoms with Crippen molar-refractivity contribution in [3.05, 3.63) is 48.3 Å². The molecule has 2 aromatic carbocycles. The van der Waals surface area contributed by atoms with Gasteiger partial charge in [-0.1, -0.05) is 12.1 Å². The molecule has 0 aliphatic rings. The first-order valence-corrected chi connectivity index (χ1v) is 8.53. The summed E-state index contributed by atoms with van der Waals surface area (Å²) in [4.78, 5) is 19.3. The van der Waals surface area contributed by atoms with E-state index in [1.54, 1.807) is 50.6 Å². The van der Waals surface area contributed by atoms with Crippen LogP contribution in [0.3, 0.4) is 0 Å². The maximum atomic E-state index is 10.8. The molecule has 0 atom stereocenters. The topological polar surface area (TPSA) is 100 Å². The van der Waals surface area contributed by atoms with Gasteiger partial charge < -0.3 is 24.1 Å². The molecule has 0 aliphatic heterocycles. The summed E-state index contributed by atoms with van der Waals surface area (Å²) in [6.07, 6.45) is 1.36. The number of carbonyl (C=O) groups is 1. The molecular weight excluding hydrogens is 364 g/mol. The van der Waals surface area contributed by atoms with Crippen molar-refractivity contribution in [3.8, 4) is 23.1 Å². The molecule has 0 amide bonds. The second-order valence-electron chi connectivity index (χ2n) is 5.86. The Bertz CT molecular complexity index is 959. The number of aromatic nitrogens is 2. The van der Waals surface area contributed by atoms with Crippen molar-refractivity contribution in [2.45, 2.75) is 6.42 Å². The normalized spacial score (nSPS) is 10.6. The van der Waals surface area contributed by atoms with E-state index in [9.17, 15) is 4.79 Å². The van der Waals surface area contributed by atoms with E-state index in [2.05, 4.69) is 9.97 Å². The zero-order valence-corrected chi connectivity index (χ0v) is 15.5. The minimum Gasteiger partial charge on any atom is -0.493 e. The molecule has 0 saturated carbocycles. The van der Waals surface area contributed by atoms with Crippen molar-refractivity contribution in [1.29, 1.82) is 0 Å². The number of carboxylic acids is 1. The second-order valence-corrected chi connectivity index (χ2v) is 5.86. The first kappa shape index (κ1) is 19.4. The van der Waals surface area contributed by atoms with Gasteiger partial charge in [-0.3, -0.25) is 4.79 Å². The maximum Gasteiger partial charge on any atom is 0.307 e. The van der Waals surface area contributed by atoms with Gasteiger partial charge in [0.1, 0.15) is 18.7 Å². The third-order valence-electron chi connectivity index (χ3n) is 3.92. The van der Waals surface area contributed by atoms with Crippen LogP contribution in [0.2, 0.25) is 0 Å². The summed E-state index contributed by atoms with van der Waals surface area (Å²) in [5.74, 6) is 1.09. The lowest BCUT2D eigenvalue weighted by Gasteiger charge is -2.13. The molecule has 0 spiro atoms. The van der Waals surface area contributed by atoms with Gasteiger partial charge in [-0.2, -0.15) is 0 Å². The number of nitrogens with zero attached hydrogens (tertiary/aromatic N) is 2. The number of aliphatic carboxylic acids is 1. The van der Waals surface area contributed by atoms with E-state index < -0.39 is 5.97 Å². The van der Waals surface area contributed by atoms with Crippen LogP contribution < -0.4 is 14.2 Å². The van der Waals surface area contributed by atoms with Crippen LogP contribution in [-0.4, -0.2) is 48.5 Å². The SMILES string of the molecule is COCCOc1cc2ncnc(Oc3ccc(CC(=O)O)cc3)c2cc1OC. The Labute approximate surface area is 161 Å². The minimum atomic E-state index is -0.883. The van der Waals surface area contributed by atoms with Gasteiger partial charge >= 0.3 is 5.97 Å². The van der Waals surface area contributed by atoms with Crippen LogP contribution >= 0.6 is 0 Å². The second kappa shape index (κ2) is 9.01. The molecule has 0 unspecified atom stereocenters. The molecule has 8 heteroatoms. The van der Waals surface area contributed by atoms with E-state index in [1.807, 2.05) is 0 Å². The van der Waals surface area contributed by atoms with Gasteiger partial charge in [0, 0.05) is 13.2 Å². The third-order valence-corrected chi connectivity index (χ3v) is 3.92. The van der Waals surface area contributed by atoms with Crippen LogP contribution in [0.5, 0.6) is 23.1 Å². The number of rotatable bonds is 9. The fourth-order valence-corrected chi connectivity index (χ4v) is 2.59. The van der Waals surface area contributed by atoms with Crippen molar-refractivity contribution in [2.75, 3.05) is 27.4 Å². The molecule has 1 heterocycles. The van der Waals surface area contributed by atoms with E-state index in [4.69, 9.17) is 24.1 Å². The molecule has 0 radical (unpaired) electrons. The van der Waals surface area contributed by atoms with Gasteiger partial charge in [0.05, 0.1) is 31.0 Å². The predicted molar refractivity (Wildman–Crippen MR) is 101 cm³/mol. The monoisotopic (exact) mass is 384 g/mol. The zero-order valence-electron chi connectivity index (χ0n) is 15.5. The van der Waals surface area contributed by atoms with Crippen molar-refractivity contribution in [2.24, 2.45) is 0 Å². The Kier molecular flexibility index (Phi) is 6.23. The fourth-order valence-electron chi connectivity index (χ4n) is 2.59. The summed E-state index contributed by atoms with van der Waals surface area (Å²) in [6.45, 7) is 0.840. The van der Waals surface area contributed by atoms with Gasteiger partial charge in [0.2, 0.25) is 5.88 Å². The molecule has 0 aliphatic carbocycles. The third kappa shape index (κ3) is 4.66. The van der Waals surface area contributed by atoms with Crippen molar-refractivity contribution >= 4 is 16.9 Å². The van der Waals surface area contributed by atoms with Crippen LogP contribution in [0, 0.1) is 0 Å². The molecule has 3 rings (SSSR count). The molecule has 1 aromatic heterocycles. The number of methoxy groups -OCH3 is 2. The highest BCUT2D eigenvalue weighted by molar-refractivity contribution is 5.87. The largest absolute Gasteiger partial charge is 0.493 e. The Morgan fingerprint density at radius 3 is 2.50 bits per heavy atom.